The van der Waals surface area contributed by atoms with Crippen LogP contribution < -0.4 is 5.32 Å². The molecular weight excluding hydrogens is 214 g/mol. The molecule has 1 heterocycles. The molecule has 0 saturated carbocycles. The molecule has 5 heteroatoms. The maximum atomic E-state index is 11.4. The van der Waals surface area contributed by atoms with Crippen molar-refractivity contribution in [2.75, 3.05) is 5.88 Å². The average Bonchev–Trinajstić information content (AvgIpc) is 2.55. The molecule has 15 heavy (non-hydrogen) atoms. The molecule has 0 spiro atoms. The van der Waals surface area contributed by atoms with Crippen LogP contribution in [0.3, 0.4) is 0 Å². The number of amides is 1. The van der Waals surface area contributed by atoms with Crippen molar-refractivity contribution in [2.45, 2.75) is 20.4 Å². The van der Waals surface area contributed by atoms with Crippen molar-refractivity contribution in [3.05, 3.63) is 17.5 Å². The molecule has 1 atom stereocenters. The van der Waals surface area contributed by atoms with Crippen LogP contribution in [0.2, 0.25) is 0 Å². The molecular formula is C10H16ClN3O. The van der Waals surface area contributed by atoms with E-state index in [-0.39, 0.29) is 11.8 Å². The van der Waals surface area contributed by atoms with Gasteiger partial charge in [-0.05, 0) is 6.92 Å². The monoisotopic (exact) mass is 229 g/mol. The molecule has 1 N–H and O–H groups in total. The summed E-state index contributed by atoms with van der Waals surface area (Å²) in [5, 5.41) is 6.93. The molecule has 0 saturated heterocycles. The molecule has 1 unspecified atom stereocenters. The SMILES string of the molecule is Cc1c(CNC(=O)C(C)CCl)cnn1C. The summed E-state index contributed by atoms with van der Waals surface area (Å²) in [7, 11) is 1.88. The third kappa shape index (κ3) is 2.96. The maximum Gasteiger partial charge on any atom is 0.224 e. The van der Waals surface area contributed by atoms with E-state index in [9.17, 15) is 4.79 Å². The van der Waals surface area contributed by atoms with Gasteiger partial charge in [0.25, 0.3) is 0 Å². The molecule has 84 valence electrons. The Morgan fingerprint density at radius 1 is 1.73 bits per heavy atom. The van der Waals surface area contributed by atoms with Crippen LogP contribution in [0, 0.1) is 12.8 Å². The van der Waals surface area contributed by atoms with Gasteiger partial charge in [-0.15, -0.1) is 11.6 Å². The molecule has 1 aromatic heterocycles. The van der Waals surface area contributed by atoms with E-state index in [1.165, 1.54) is 0 Å². The number of carbonyl (C=O) groups excluding carboxylic acids is 1. The van der Waals surface area contributed by atoms with Crippen molar-refractivity contribution < 1.29 is 4.79 Å². The molecule has 0 aliphatic rings. The lowest BCUT2D eigenvalue weighted by Crippen LogP contribution is -2.29. The lowest BCUT2D eigenvalue weighted by atomic mass is 10.2. The molecule has 1 rings (SSSR count). The minimum Gasteiger partial charge on any atom is -0.352 e. The topological polar surface area (TPSA) is 46.9 Å². The van der Waals surface area contributed by atoms with E-state index in [1.54, 1.807) is 17.8 Å². The van der Waals surface area contributed by atoms with E-state index in [0.717, 1.165) is 11.3 Å². The highest BCUT2D eigenvalue weighted by atomic mass is 35.5. The molecule has 1 amide bonds. The molecule has 0 fully saturated rings. The lowest BCUT2D eigenvalue weighted by Gasteiger charge is -2.08. The van der Waals surface area contributed by atoms with Gasteiger partial charge in [-0.1, -0.05) is 6.92 Å². The van der Waals surface area contributed by atoms with Crippen LogP contribution >= 0.6 is 11.6 Å². The highest BCUT2D eigenvalue weighted by molar-refractivity contribution is 6.19. The molecule has 0 aliphatic carbocycles. The average molecular weight is 230 g/mol. The van der Waals surface area contributed by atoms with Crippen molar-refractivity contribution in [1.29, 1.82) is 0 Å². The number of hydrogen-bond donors (Lipinski definition) is 1. The van der Waals surface area contributed by atoms with E-state index in [0.29, 0.717) is 12.4 Å². The molecule has 4 nitrogen and oxygen atoms in total. The van der Waals surface area contributed by atoms with Crippen LogP contribution in [-0.2, 0) is 18.4 Å². The fourth-order valence-electron chi connectivity index (χ4n) is 1.14. The summed E-state index contributed by atoms with van der Waals surface area (Å²) in [6, 6.07) is 0. The zero-order chi connectivity index (χ0) is 11.4. The maximum absolute atomic E-state index is 11.4. The first-order valence-electron chi connectivity index (χ1n) is 4.87. The fourth-order valence-corrected chi connectivity index (χ4v) is 1.28. The van der Waals surface area contributed by atoms with E-state index in [1.807, 2.05) is 14.0 Å². The number of alkyl halides is 1. The molecule has 0 bridgehead atoms. The number of halogens is 1. The minimum atomic E-state index is -0.149. The minimum absolute atomic E-state index is 0.0201. The smallest absolute Gasteiger partial charge is 0.224 e. The number of nitrogens with zero attached hydrogens (tertiary/aromatic N) is 2. The van der Waals surface area contributed by atoms with Crippen LogP contribution in [0.25, 0.3) is 0 Å². The van der Waals surface area contributed by atoms with E-state index >= 15 is 0 Å². The zero-order valence-electron chi connectivity index (χ0n) is 9.25. The van der Waals surface area contributed by atoms with Gasteiger partial charge in [0.2, 0.25) is 5.91 Å². The second-order valence-electron chi connectivity index (χ2n) is 3.65. The number of rotatable bonds is 4. The summed E-state index contributed by atoms with van der Waals surface area (Å²) < 4.78 is 1.78. The van der Waals surface area contributed by atoms with Gasteiger partial charge in [-0.2, -0.15) is 5.10 Å². The Labute approximate surface area is 94.6 Å². The van der Waals surface area contributed by atoms with E-state index in [4.69, 9.17) is 11.6 Å². The van der Waals surface area contributed by atoms with Crippen molar-refractivity contribution in [1.82, 2.24) is 15.1 Å². The van der Waals surface area contributed by atoms with Gasteiger partial charge in [0.05, 0.1) is 6.20 Å². The summed E-state index contributed by atoms with van der Waals surface area (Å²) in [5.41, 5.74) is 2.10. The van der Waals surface area contributed by atoms with Crippen molar-refractivity contribution in [3.63, 3.8) is 0 Å². The van der Waals surface area contributed by atoms with Crippen LogP contribution in [-0.4, -0.2) is 21.6 Å². The summed E-state index contributed by atoms with van der Waals surface area (Å²) >= 11 is 5.59. The molecule has 0 aliphatic heterocycles. The second-order valence-corrected chi connectivity index (χ2v) is 3.96. The van der Waals surface area contributed by atoms with Gasteiger partial charge in [-0.3, -0.25) is 9.48 Å². The summed E-state index contributed by atoms with van der Waals surface area (Å²) in [5.74, 6) is 0.176. The number of aromatic nitrogens is 2. The number of nitrogens with one attached hydrogen (secondary N) is 1. The molecule has 0 radical (unpaired) electrons. The first-order valence-corrected chi connectivity index (χ1v) is 5.40. The fraction of sp³-hybridized carbons (Fsp3) is 0.600. The first kappa shape index (κ1) is 12.0. The predicted molar refractivity (Wildman–Crippen MR) is 59.7 cm³/mol. The van der Waals surface area contributed by atoms with E-state index < -0.39 is 0 Å². The van der Waals surface area contributed by atoms with Gasteiger partial charge in [0.15, 0.2) is 0 Å². The summed E-state index contributed by atoms with van der Waals surface area (Å²) in [4.78, 5) is 11.4. The summed E-state index contributed by atoms with van der Waals surface area (Å²) in [6.45, 7) is 4.29. The third-order valence-electron chi connectivity index (χ3n) is 2.47. The Kier molecular flexibility index (Phi) is 4.15. The van der Waals surface area contributed by atoms with Crippen molar-refractivity contribution in [2.24, 2.45) is 13.0 Å². The predicted octanol–water partition coefficient (Wildman–Crippen LogP) is 1.22. The Bertz CT molecular complexity index is 348. The zero-order valence-corrected chi connectivity index (χ0v) is 10.0. The van der Waals surface area contributed by atoms with E-state index in [2.05, 4.69) is 10.4 Å². The Morgan fingerprint density at radius 3 is 2.87 bits per heavy atom. The van der Waals surface area contributed by atoms with Gasteiger partial charge < -0.3 is 5.32 Å². The van der Waals surface area contributed by atoms with Crippen molar-refractivity contribution in [3.8, 4) is 0 Å². The van der Waals surface area contributed by atoms with Gasteiger partial charge in [0, 0.05) is 36.6 Å². The van der Waals surface area contributed by atoms with Gasteiger partial charge in [-0.25, -0.2) is 0 Å². The molecule has 0 aromatic carbocycles. The van der Waals surface area contributed by atoms with Crippen LogP contribution in [0.1, 0.15) is 18.2 Å². The number of carbonyl (C=O) groups is 1. The lowest BCUT2D eigenvalue weighted by molar-refractivity contribution is -0.124. The quantitative estimate of drug-likeness (QED) is 0.790. The van der Waals surface area contributed by atoms with Crippen LogP contribution in [0.5, 0.6) is 0 Å². The van der Waals surface area contributed by atoms with Crippen LogP contribution in [0.4, 0.5) is 0 Å². The highest BCUT2D eigenvalue weighted by Gasteiger charge is 2.11. The third-order valence-corrected chi connectivity index (χ3v) is 2.93. The standard InChI is InChI=1S/C10H16ClN3O/c1-7(4-11)10(15)12-5-9-6-13-14(3)8(9)2/h6-7H,4-5H2,1-3H3,(H,12,15). The van der Waals surface area contributed by atoms with Crippen LogP contribution in [0.15, 0.2) is 6.20 Å². The van der Waals surface area contributed by atoms with Crippen molar-refractivity contribution >= 4 is 17.5 Å². The normalized spacial score (nSPS) is 12.5. The van der Waals surface area contributed by atoms with Gasteiger partial charge >= 0.3 is 0 Å². The Hall–Kier alpha value is -1.03. The summed E-state index contributed by atoms with van der Waals surface area (Å²) in [6.07, 6.45) is 1.76. The number of hydrogen-bond acceptors (Lipinski definition) is 2. The molecule has 1 aromatic rings. The Balaban J connectivity index is 2.51. The largest absolute Gasteiger partial charge is 0.352 e. The number of aryl methyl sites for hydroxylation is 1. The Morgan fingerprint density at radius 2 is 2.40 bits per heavy atom. The van der Waals surface area contributed by atoms with Gasteiger partial charge in [0.1, 0.15) is 0 Å². The highest BCUT2D eigenvalue weighted by Crippen LogP contribution is 2.05. The first-order chi connectivity index (χ1) is 7.06. The second kappa shape index (κ2) is 5.16.